The predicted octanol–water partition coefficient (Wildman–Crippen LogP) is 2.44. The first kappa shape index (κ1) is 13.3. The molecule has 1 atom stereocenters. The Hall–Kier alpha value is -2.69. The number of hydrogen-bond acceptors (Lipinski definition) is 5. The monoisotopic (exact) mass is 286 g/mol. The molecule has 5 nitrogen and oxygen atoms in total. The number of benzene rings is 2. The van der Waals surface area contributed by atoms with Crippen LogP contribution in [0, 0.1) is 0 Å². The van der Waals surface area contributed by atoms with Gasteiger partial charge in [0.2, 0.25) is 6.10 Å². The first-order valence-corrected chi connectivity index (χ1v) is 6.51. The number of ether oxygens (including phenoxy) is 4. The van der Waals surface area contributed by atoms with Crippen LogP contribution in [0.2, 0.25) is 0 Å². The molecule has 0 amide bonds. The molecule has 0 aromatic heterocycles. The van der Waals surface area contributed by atoms with Gasteiger partial charge in [-0.1, -0.05) is 24.3 Å². The van der Waals surface area contributed by atoms with Crippen molar-refractivity contribution in [1.29, 1.82) is 0 Å². The third kappa shape index (κ3) is 2.76. The summed E-state index contributed by atoms with van der Waals surface area (Å²) in [6.45, 7) is 0.116. The highest BCUT2D eigenvalue weighted by Crippen LogP contribution is 2.32. The molecular formula is C16H14O5. The molecule has 0 bridgehead atoms. The van der Waals surface area contributed by atoms with Gasteiger partial charge in [0.1, 0.15) is 6.61 Å². The summed E-state index contributed by atoms with van der Waals surface area (Å²) in [5.41, 5.74) is 0. The van der Waals surface area contributed by atoms with Crippen molar-refractivity contribution in [3.05, 3.63) is 48.5 Å². The predicted molar refractivity (Wildman–Crippen MR) is 75.0 cm³/mol. The lowest BCUT2D eigenvalue weighted by Crippen LogP contribution is -2.39. The van der Waals surface area contributed by atoms with Crippen molar-refractivity contribution < 1.29 is 23.7 Å². The molecule has 1 heterocycles. The number of hydrogen-bond donors (Lipinski definition) is 0. The molecule has 108 valence electrons. The summed E-state index contributed by atoms with van der Waals surface area (Å²) in [7, 11) is 1.52. The van der Waals surface area contributed by atoms with Crippen LogP contribution in [0.3, 0.4) is 0 Å². The minimum atomic E-state index is -0.801. The molecule has 21 heavy (non-hydrogen) atoms. The summed E-state index contributed by atoms with van der Waals surface area (Å²) in [6, 6.07) is 14.1. The van der Waals surface area contributed by atoms with Gasteiger partial charge in [-0.05, 0) is 24.3 Å². The number of carbonyl (C=O) groups is 1. The minimum Gasteiger partial charge on any atom is -0.493 e. The zero-order chi connectivity index (χ0) is 14.7. The van der Waals surface area contributed by atoms with Gasteiger partial charge in [-0.2, -0.15) is 0 Å². The van der Waals surface area contributed by atoms with E-state index in [1.54, 1.807) is 36.4 Å². The Morgan fingerprint density at radius 2 is 1.71 bits per heavy atom. The van der Waals surface area contributed by atoms with Crippen molar-refractivity contribution in [3.63, 3.8) is 0 Å². The summed E-state index contributed by atoms with van der Waals surface area (Å²) < 4.78 is 21.6. The zero-order valence-electron chi connectivity index (χ0n) is 11.4. The van der Waals surface area contributed by atoms with Crippen LogP contribution in [0.15, 0.2) is 48.5 Å². The fourth-order valence-corrected chi connectivity index (χ4v) is 2.01. The Bertz CT molecular complexity index is 653. The fraction of sp³-hybridized carbons (Fsp3) is 0.188. The van der Waals surface area contributed by atoms with E-state index >= 15 is 0 Å². The highest BCUT2D eigenvalue weighted by atomic mass is 16.6. The Kier molecular flexibility index (Phi) is 3.64. The minimum absolute atomic E-state index is 0.116. The standard InChI is InChI=1S/C16H14O5/c1-18-11-6-2-4-8-13(11)21-16(17)15-10-19-12-7-3-5-9-14(12)20-15/h2-9,15H,10H2,1H3/t15-/m1/s1. The Morgan fingerprint density at radius 3 is 2.48 bits per heavy atom. The van der Waals surface area contributed by atoms with Crippen LogP contribution in [0.25, 0.3) is 0 Å². The first-order chi connectivity index (χ1) is 10.3. The second-order valence-electron chi connectivity index (χ2n) is 4.44. The van der Waals surface area contributed by atoms with E-state index in [1.165, 1.54) is 7.11 Å². The number of methoxy groups -OCH3 is 1. The van der Waals surface area contributed by atoms with E-state index in [4.69, 9.17) is 18.9 Å². The van der Waals surface area contributed by atoms with Crippen molar-refractivity contribution in [2.45, 2.75) is 6.10 Å². The maximum Gasteiger partial charge on any atom is 0.356 e. The summed E-state index contributed by atoms with van der Waals surface area (Å²) in [4.78, 5) is 12.2. The summed E-state index contributed by atoms with van der Waals surface area (Å²) in [5.74, 6) is 1.48. The smallest absolute Gasteiger partial charge is 0.356 e. The van der Waals surface area contributed by atoms with Crippen molar-refractivity contribution in [2.75, 3.05) is 13.7 Å². The van der Waals surface area contributed by atoms with Crippen molar-refractivity contribution in [2.24, 2.45) is 0 Å². The molecule has 0 saturated carbocycles. The highest BCUT2D eigenvalue weighted by Gasteiger charge is 2.29. The number of carbonyl (C=O) groups excluding carboxylic acids is 1. The molecule has 1 aliphatic rings. The van der Waals surface area contributed by atoms with Crippen LogP contribution >= 0.6 is 0 Å². The largest absolute Gasteiger partial charge is 0.493 e. The molecule has 2 aromatic rings. The third-order valence-corrected chi connectivity index (χ3v) is 3.05. The molecule has 1 aliphatic heterocycles. The second kappa shape index (κ2) is 5.75. The fourth-order valence-electron chi connectivity index (χ4n) is 2.01. The van der Waals surface area contributed by atoms with Gasteiger partial charge in [-0.25, -0.2) is 4.79 Å². The molecule has 0 spiro atoms. The molecule has 5 heteroatoms. The van der Waals surface area contributed by atoms with Crippen LogP contribution in [0.4, 0.5) is 0 Å². The molecule has 0 saturated heterocycles. The lowest BCUT2D eigenvalue weighted by atomic mass is 10.2. The average Bonchev–Trinajstić information content (AvgIpc) is 2.55. The maximum absolute atomic E-state index is 12.2. The molecule has 2 aromatic carbocycles. The molecule has 0 radical (unpaired) electrons. The van der Waals surface area contributed by atoms with Crippen LogP contribution in [0.5, 0.6) is 23.0 Å². The van der Waals surface area contributed by atoms with Gasteiger partial charge >= 0.3 is 5.97 Å². The maximum atomic E-state index is 12.2. The van der Waals surface area contributed by atoms with E-state index in [-0.39, 0.29) is 6.61 Å². The number of esters is 1. The van der Waals surface area contributed by atoms with Gasteiger partial charge in [-0.3, -0.25) is 0 Å². The van der Waals surface area contributed by atoms with Gasteiger partial charge in [0, 0.05) is 0 Å². The lowest BCUT2D eigenvalue weighted by molar-refractivity contribution is -0.144. The number of fused-ring (bicyclic) bond motifs is 1. The van der Waals surface area contributed by atoms with Crippen LogP contribution < -0.4 is 18.9 Å². The Labute approximate surface area is 122 Å². The topological polar surface area (TPSA) is 54.0 Å². The van der Waals surface area contributed by atoms with Gasteiger partial charge in [0.15, 0.2) is 23.0 Å². The summed E-state index contributed by atoms with van der Waals surface area (Å²) in [5, 5.41) is 0. The summed E-state index contributed by atoms with van der Waals surface area (Å²) in [6.07, 6.45) is -0.801. The number of para-hydroxylation sites is 4. The molecule has 0 fully saturated rings. The second-order valence-corrected chi connectivity index (χ2v) is 4.44. The first-order valence-electron chi connectivity index (χ1n) is 6.51. The quantitative estimate of drug-likeness (QED) is 0.641. The van der Waals surface area contributed by atoms with Crippen molar-refractivity contribution in [1.82, 2.24) is 0 Å². The van der Waals surface area contributed by atoms with Gasteiger partial charge < -0.3 is 18.9 Å². The van der Waals surface area contributed by atoms with E-state index in [9.17, 15) is 4.79 Å². The molecular weight excluding hydrogens is 272 g/mol. The van der Waals surface area contributed by atoms with E-state index in [0.29, 0.717) is 23.0 Å². The Balaban J connectivity index is 1.72. The van der Waals surface area contributed by atoms with Crippen LogP contribution in [-0.2, 0) is 4.79 Å². The van der Waals surface area contributed by atoms with Crippen LogP contribution in [0.1, 0.15) is 0 Å². The summed E-state index contributed by atoms with van der Waals surface area (Å²) >= 11 is 0. The number of rotatable bonds is 3. The molecule has 3 rings (SSSR count). The van der Waals surface area contributed by atoms with Crippen molar-refractivity contribution >= 4 is 5.97 Å². The molecule has 0 unspecified atom stereocenters. The molecule has 0 aliphatic carbocycles. The Morgan fingerprint density at radius 1 is 1.05 bits per heavy atom. The molecule has 0 N–H and O–H groups in total. The van der Waals surface area contributed by atoms with Crippen molar-refractivity contribution in [3.8, 4) is 23.0 Å². The van der Waals surface area contributed by atoms with Crippen LogP contribution in [-0.4, -0.2) is 25.8 Å². The van der Waals surface area contributed by atoms with Gasteiger partial charge in [0.25, 0.3) is 0 Å². The average molecular weight is 286 g/mol. The van der Waals surface area contributed by atoms with E-state index < -0.39 is 12.1 Å². The third-order valence-electron chi connectivity index (χ3n) is 3.05. The van der Waals surface area contributed by atoms with Gasteiger partial charge in [-0.15, -0.1) is 0 Å². The lowest BCUT2D eigenvalue weighted by Gasteiger charge is -2.25. The van der Waals surface area contributed by atoms with E-state index in [2.05, 4.69) is 0 Å². The van der Waals surface area contributed by atoms with E-state index in [1.807, 2.05) is 12.1 Å². The normalized spacial score (nSPS) is 16.1. The van der Waals surface area contributed by atoms with Gasteiger partial charge in [0.05, 0.1) is 7.11 Å². The highest BCUT2D eigenvalue weighted by molar-refractivity contribution is 5.79. The SMILES string of the molecule is COc1ccccc1OC(=O)[C@H]1COc2ccccc2O1. The zero-order valence-corrected chi connectivity index (χ0v) is 11.4. The van der Waals surface area contributed by atoms with E-state index in [0.717, 1.165) is 0 Å².